The normalized spacial score (nSPS) is 24.2. The number of halogens is 1. The van der Waals surface area contributed by atoms with Crippen LogP contribution in [0.25, 0.3) is 0 Å². The molecule has 1 saturated carbocycles. The molecule has 4 heteroatoms. The van der Waals surface area contributed by atoms with E-state index in [4.69, 9.17) is 0 Å². The van der Waals surface area contributed by atoms with Crippen molar-refractivity contribution in [1.29, 1.82) is 0 Å². The van der Waals surface area contributed by atoms with Gasteiger partial charge >= 0.3 is 0 Å². The number of carbonyl (C=O) groups is 1. The smallest absolute Gasteiger partial charge is 0.245 e. The van der Waals surface area contributed by atoms with Crippen molar-refractivity contribution in [3.8, 4) is 0 Å². The lowest BCUT2D eigenvalue weighted by Crippen LogP contribution is -2.34. The molecule has 1 amide bonds. The summed E-state index contributed by atoms with van der Waals surface area (Å²) in [5.74, 6) is 0.284. The van der Waals surface area contributed by atoms with E-state index < -0.39 is 0 Å². The minimum absolute atomic E-state index is 0.0217. The summed E-state index contributed by atoms with van der Waals surface area (Å²) in [7, 11) is 0. The molecule has 0 radical (unpaired) electrons. The molecule has 1 saturated heterocycles. The zero-order valence-electron chi connectivity index (χ0n) is 9.53. The van der Waals surface area contributed by atoms with Gasteiger partial charge in [0.05, 0.1) is 0 Å². The highest BCUT2D eigenvalue weighted by Crippen LogP contribution is 2.31. The molecule has 0 spiro atoms. The Morgan fingerprint density at radius 1 is 1.24 bits per heavy atom. The van der Waals surface area contributed by atoms with Crippen molar-refractivity contribution in [2.75, 3.05) is 11.9 Å². The van der Waals surface area contributed by atoms with E-state index in [1.54, 1.807) is 0 Å². The fourth-order valence-corrected chi connectivity index (χ4v) is 2.89. The summed E-state index contributed by atoms with van der Waals surface area (Å²) >= 11 is 2.30. The molecule has 1 aromatic carbocycles. The minimum Gasteiger partial charge on any atom is -0.373 e. The number of rotatable bonds is 3. The van der Waals surface area contributed by atoms with Gasteiger partial charge in [-0.15, -0.1) is 0 Å². The lowest BCUT2D eigenvalue weighted by molar-refractivity contribution is -0.128. The van der Waals surface area contributed by atoms with Gasteiger partial charge in [0.15, 0.2) is 0 Å². The van der Waals surface area contributed by atoms with Crippen molar-refractivity contribution >= 4 is 34.2 Å². The molecule has 1 aliphatic heterocycles. The Bertz CT molecular complexity index is 445. The molecule has 1 unspecified atom stereocenters. The fourth-order valence-electron chi connectivity index (χ4n) is 2.35. The van der Waals surface area contributed by atoms with Gasteiger partial charge < -0.3 is 10.2 Å². The van der Waals surface area contributed by atoms with Crippen molar-refractivity contribution in [2.24, 2.45) is 0 Å². The highest BCUT2D eigenvalue weighted by atomic mass is 127. The Hall–Kier alpha value is -0.780. The molecular formula is C13H15IN2O. The van der Waals surface area contributed by atoms with E-state index in [-0.39, 0.29) is 11.9 Å². The Kier molecular flexibility index (Phi) is 2.98. The second-order valence-electron chi connectivity index (χ2n) is 4.73. The van der Waals surface area contributed by atoms with Gasteiger partial charge in [0, 0.05) is 21.8 Å². The standard InChI is InChI=1S/C13H15IN2O/c14-10-3-1-2-4-11(10)15-12-7-8-16(13(12)17)9-5-6-9/h1-4,9,12,15H,5-8H2. The van der Waals surface area contributed by atoms with Crippen molar-refractivity contribution in [2.45, 2.75) is 31.3 Å². The number of amides is 1. The first-order valence-electron chi connectivity index (χ1n) is 6.07. The summed E-state index contributed by atoms with van der Waals surface area (Å²) in [4.78, 5) is 14.2. The first-order valence-corrected chi connectivity index (χ1v) is 7.15. The van der Waals surface area contributed by atoms with E-state index >= 15 is 0 Å². The van der Waals surface area contributed by atoms with Crippen LogP contribution in [0.2, 0.25) is 0 Å². The molecule has 0 aromatic heterocycles. The summed E-state index contributed by atoms with van der Waals surface area (Å²) in [6, 6.07) is 8.63. The molecular weight excluding hydrogens is 327 g/mol. The van der Waals surface area contributed by atoms with Crippen LogP contribution >= 0.6 is 22.6 Å². The molecule has 3 rings (SSSR count). The van der Waals surface area contributed by atoms with Crippen molar-refractivity contribution < 1.29 is 4.79 Å². The summed E-state index contributed by atoms with van der Waals surface area (Å²) in [6.07, 6.45) is 3.32. The van der Waals surface area contributed by atoms with Crippen LogP contribution in [0.3, 0.4) is 0 Å². The molecule has 2 fully saturated rings. The average molecular weight is 342 g/mol. The van der Waals surface area contributed by atoms with Crippen LogP contribution in [0.4, 0.5) is 5.69 Å². The molecule has 3 nitrogen and oxygen atoms in total. The molecule has 1 heterocycles. The first-order chi connectivity index (χ1) is 8.25. The second-order valence-corrected chi connectivity index (χ2v) is 5.89. The fraction of sp³-hybridized carbons (Fsp3) is 0.462. The van der Waals surface area contributed by atoms with Crippen LogP contribution < -0.4 is 5.32 Å². The van der Waals surface area contributed by atoms with E-state index in [0.717, 1.165) is 18.7 Å². The Morgan fingerprint density at radius 3 is 2.71 bits per heavy atom. The molecule has 90 valence electrons. The van der Waals surface area contributed by atoms with Crippen LogP contribution in [0.1, 0.15) is 19.3 Å². The number of anilines is 1. The van der Waals surface area contributed by atoms with Crippen LogP contribution in [0.5, 0.6) is 0 Å². The second kappa shape index (κ2) is 4.48. The van der Waals surface area contributed by atoms with Gasteiger partial charge in [0.25, 0.3) is 0 Å². The Morgan fingerprint density at radius 2 is 2.00 bits per heavy atom. The maximum atomic E-state index is 12.2. The SMILES string of the molecule is O=C1C(Nc2ccccc2I)CCN1C1CC1. The lowest BCUT2D eigenvalue weighted by atomic mass is 10.2. The number of carbonyl (C=O) groups excluding carboxylic acids is 1. The highest BCUT2D eigenvalue weighted by Gasteiger charge is 2.40. The quantitative estimate of drug-likeness (QED) is 0.856. The molecule has 1 aromatic rings. The van der Waals surface area contributed by atoms with E-state index in [2.05, 4.69) is 34.0 Å². The van der Waals surface area contributed by atoms with Crippen molar-refractivity contribution in [3.63, 3.8) is 0 Å². The number of nitrogens with zero attached hydrogens (tertiary/aromatic N) is 1. The Labute approximate surface area is 115 Å². The highest BCUT2D eigenvalue weighted by molar-refractivity contribution is 14.1. The third-order valence-corrected chi connectivity index (χ3v) is 4.37. The first kappa shape index (κ1) is 11.3. The molecule has 2 aliphatic rings. The van der Waals surface area contributed by atoms with Crippen molar-refractivity contribution in [1.82, 2.24) is 4.90 Å². The van der Waals surface area contributed by atoms with Gasteiger partial charge in [-0.1, -0.05) is 12.1 Å². The molecule has 1 atom stereocenters. The molecule has 1 aliphatic carbocycles. The van der Waals surface area contributed by atoms with E-state index in [1.165, 1.54) is 16.4 Å². The zero-order chi connectivity index (χ0) is 11.8. The van der Waals surface area contributed by atoms with Gasteiger partial charge in [0.2, 0.25) is 5.91 Å². The van der Waals surface area contributed by atoms with Gasteiger partial charge in [-0.25, -0.2) is 0 Å². The number of benzene rings is 1. The van der Waals surface area contributed by atoms with Gasteiger partial charge in [-0.05, 0) is 54.0 Å². The predicted octanol–water partition coefficient (Wildman–Crippen LogP) is 2.47. The zero-order valence-corrected chi connectivity index (χ0v) is 11.7. The lowest BCUT2D eigenvalue weighted by Gasteiger charge is -2.17. The summed E-state index contributed by atoms with van der Waals surface area (Å²) in [6.45, 7) is 0.921. The molecule has 0 bridgehead atoms. The van der Waals surface area contributed by atoms with E-state index in [0.29, 0.717) is 6.04 Å². The van der Waals surface area contributed by atoms with E-state index in [1.807, 2.05) is 23.1 Å². The Balaban J connectivity index is 1.70. The molecule has 17 heavy (non-hydrogen) atoms. The summed E-state index contributed by atoms with van der Waals surface area (Å²) < 4.78 is 1.17. The number of hydrogen-bond donors (Lipinski definition) is 1. The van der Waals surface area contributed by atoms with E-state index in [9.17, 15) is 4.79 Å². The van der Waals surface area contributed by atoms with Gasteiger partial charge in [0.1, 0.15) is 6.04 Å². The maximum Gasteiger partial charge on any atom is 0.245 e. The number of nitrogens with one attached hydrogen (secondary N) is 1. The van der Waals surface area contributed by atoms with Crippen LogP contribution in [0.15, 0.2) is 24.3 Å². The van der Waals surface area contributed by atoms with Crippen LogP contribution in [-0.2, 0) is 4.79 Å². The number of likely N-dealkylation sites (tertiary alicyclic amines) is 1. The number of hydrogen-bond acceptors (Lipinski definition) is 2. The van der Waals surface area contributed by atoms with Gasteiger partial charge in [-0.3, -0.25) is 4.79 Å². The third kappa shape index (κ3) is 2.27. The van der Waals surface area contributed by atoms with Crippen LogP contribution in [0, 0.1) is 3.57 Å². The van der Waals surface area contributed by atoms with Crippen molar-refractivity contribution in [3.05, 3.63) is 27.8 Å². The van der Waals surface area contributed by atoms with Crippen LogP contribution in [-0.4, -0.2) is 29.4 Å². The summed E-state index contributed by atoms with van der Waals surface area (Å²) in [5.41, 5.74) is 1.07. The monoisotopic (exact) mass is 342 g/mol. The predicted molar refractivity (Wildman–Crippen MR) is 75.9 cm³/mol. The molecule has 1 N–H and O–H groups in total. The maximum absolute atomic E-state index is 12.2. The number of para-hydroxylation sites is 1. The minimum atomic E-state index is -0.0217. The van der Waals surface area contributed by atoms with Gasteiger partial charge in [-0.2, -0.15) is 0 Å². The third-order valence-electron chi connectivity index (χ3n) is 3.43. The topological polar surface area (TPSA) is 32.3 Å². The summed E-state index contributed by atoms with van der Waals surface area (Å²) in [5, 5.41) is 3.37. The largest absolute Gasteiger partial charge is 0.373 e. The average Bonchev–Trinajstić information content (AvgIpc) is 3.09.